The van der Waals surface area contributed by atoms with Crippen LogP contribution in [-0.4, -0.2) is 13.9 Å². The Kier molecular flexibility index (Phi) is 3.72. The van der Waals surface area contributed by atoms with Crippen molar-refractivity contribution in [1.82, 2.24) is 0 Å². The van der Waals surface area contributed by atoms with E-state index in [1.54, 1.807) is 28.7 Å². The van der Waals surface area contributed by atoms with Crippen molar-refractivity contribution in [3.05, 3.63) is 27.3 Å². The summed E-state index contributed by atoms with van der Waals surface area (Å²) in [5, 5.41) is 0. The van der Waals surface area contributed by atoms with Crippen LogP contribution in [0.25, 0.3) is 0 Å². The fraction of sp³-hybridized carbons (Fsp3) is 0.250. The summed E-state index contributed by atoms with van der Waals surface area (Å²) in [4.78, 5) is 0. The van der Waals surface area contributed by atoms with Gasteiger partial charge in [0, 0.05) is 0 Å². The van der Waals surface area contributed by atoms with Gasteiger partial charge in [0.15, 0.2) is 5.75 Å². The van der Waals surface area contributed by atoms with Crippen LogP contribution in [0.3, 0.4) is 0 Å². The SMILES string of the molecule is Cc1cccc(I)c1OS(=O)(=O)C(F)(F)F. The average molecular weight is 366 g/mol. The van der Waals surface area contributed by atoms with Gasteiger partial charge in [-0.1, -0.05) is 12.1 Å². The molecule has 0 unspecified atom stereocenters. The highest BCUT2D eigenvalue weighted by Crippen LogP contribution is 2.31. The lowest BCUT2D eigenvalue weighted by Crippen LogP contribution is -2.28. The van der Waals surface area contributed by atoms with Crippen LogP contribution in [0.15, 0.2) is 18.2 Å². The van der Waals surface area contributed by atoms with Crippen molar-refractivity contribution in [2.45, 2.75) is 12.4 Å². The molecule has 1 rings (SSSR count). The zero-order valence-electron chi connectivity index (χ0n) is 7.88. The summed E-state index contributed by atoms with van der Waals surface area (Å²) in [6.07, 6.45) is 0. The van der Waals surface area contributed by atoms with Crippen molar-refractivity contribution >= 4 is 32.7 Å². The third kappa shape index (κ3) is 2.78. The molecule has 1 aromatic carbocycles. The van der Waals surface area contributed by atoms with Crippen molar-refractivity contribution in [2.24, 2.45) is 0 Å². The summed E-state index contributed by atoms with van der Waals surface area (Å²) >= 11 is 1.70. The van der Waals surface area contributed by atoms with Crippen molar-refractivity contribution < 1.29 is 25.8 Å². The third-order valence-corrected chi connectivity index (χ3v) is 3.44. The van der Waals surface area contributed by atoms with Crippen LogP contribution < -0.4 is 4.18 Å². The molecule has 0 aliphatic heterocycles. The Bertz CT molecular complexity index is 475. The van der Waals surface area contributed by atoms with Crippen LogP contribution >= 0.6 is 22.6 Å². The van der Waals surface area contributed by atoms with Crippen LogP contribution in [0.1, 0.15) is 5.56 Å². The van der Waals surface area contributed by atoms with E-state index in [2.05, 4.69) is 4.18 Å². The van der Waals surface area contributed by atoms with E-state index in [0.29, 0.717) is 9.13 Å². The molecule has 0 heterocycles. The zero-order valence-corrected chi connectivity index (χ0v) is 10.9. The molecule has 0 aliphatic carbocycles. The topological polar surface area (TPSA) is 43.4 Å². The Hall–Kier alpha value is -0.510. The van der Waals surface area contributed by atoms with Gasteiger partial charge < -0.3 is 4.18 Å². The van der Waals surface area contributed by atoms with Crippen molar-refractivity contribution in [2.75, 3.05) is 0 Å². The predicted molar refractivity (Wildman–Crippen MR) is 59.5 cm³/mol. The van der Waals surface area contributed by atoms with E-state index in [-0.39, 0.29) is 5.75 Å². The van der Waals surface area contributed by atoms with Gasteiger partial charge in [0.1, 0.15) is 0 Å². The summed E-state index contributed by atoms with van der Waals surface area (Å²) in [6.45, 7) is 1.46. The highest BCUT2D eigenvalue weighted by molar-refractivity contribution is 14.1. The fourth-order valence-electron chi connectivity index (χ4n) is 0.879. The van der Waals surface area contributed by atoms with E-state index >= 15 is 0 Å². The molecule has 3 nitrogen and oxygen atoms in total. The Morgan fingerprint density at radius 1 is 1.31 bits per heavy atom. The van der Waals surface area contributed by atoms with Crippen molar-refractivity contribution in [3.8, 4) is 5.75 Å². The Morgan fingerprint density at radius 2 is 1.88 bits per heavy atom. The van der Waals surface area contributed by atoms with Gasteiger partial charge in [-0.05, 0) is 41.1 Å². The number of hydrogen-bond acceptors (Lipinski definition) is 3. The van der Waals surface area contributed by atoms with E-state index in [1.165, 1.54) is 19.1 Å². The second-order valence-electron chi connectivity index (χ2n) is 2.87. The first kappa shape index (κ1) is 13.6. The molecular formula is C8H6F3IO3S. The van der Waals surface area contributed by atoms with Crippen molar-refractivity contribution in [1.29, 1.82) is 0 Å². The molecule has 0 saturated carbocycles. The molecule has 0 saturated heterocycles. The van der Waals surface area contributed by atoms with Gasteiger partial charge >= 0.3 is 15.6 Å². The smallest absolute Gasteiger partial charge is 0.375 e. The summed E-state index contributed by atoms with van der Waals surface area (Å²) in [5.41, 5.74) is -5.10. The molecule has 16 heavy (non-hydrogen) atoms. The lowest BCUT2D eigenvalue weighted by atomic mass is 10.2. The van der Waals surface area contributed by atoms with Gasteiger partial charge in [-0.25, -0.2) is 0 Å². The number of benzene rings is 1. The molecule has 0 fully saturated rings. The van der Waals surface area contributed by atoms with Crippen LogP contribution in [-0.2, 0) is 10.1 Å². The first-order valence-corrected chi connectivity index (χ1v) is 6.40. The maximum Gasteiger partial charge on any atom is 0.534 e. The number of para-hydroxylation sites is 1. The van der Waals surface area contributed by atoms with E-state index < -0.39 is 15.6 Å². The van der Waals surface area contributed by atoms with Gasteiger partial charge in [-0.3, -0.25) is 0 Å². The van der Waals surface area contributed by atoms with E-state index in [4.69, 9.17) is 0 Å². The molecule has 8 heteroatoms. The second-order valence-corrected chi connectivity index (χ2v) is 5.57. The van der Waals surface area contributed by atoms with E-state index in [9.17, 15) is 21.6 Å². The molecule has 90 valence electrons. The lowest BCUT2D eigenvalue weighted by molar-refractivity contribution is -0.0500. The normalized spacial score (nSPS) is 12.6. The number of halogens is 4. The summed E-state index contributed by atoms with van der Waals surface area (Å²) < 4.78 is 62.1. The number of alkyl halides is 3. The Balaban J connectivity index is 3.17. The minimum Gasteiger partial charge on any atom is -0.375 e. The first-order valence-electron chi connectivity index (χ1n) is 3.91. The molecule has 1 aromatic rings. The van der Waals surface area contributed by atoms with Crippen molar-refractivity contribution in [3.63, 3.8) is 0 Å². The second kappa shape index (κ2) is 4.40. The zero-order chi connectivity index (χ0) is 12.6. The minimum atomic E-state index is -5.60. The summed E-state index contributed by atoms with van der Waals surface area (Å²) in [6, 6.07) is 4.50. The van der Waals surface area contributed by atoms with Gasteiger partial charge in [0.25, 0.3) is 0 Å². The largest absolute Gasteiger partial charge is 0.534 e. The average Bonchev–Trinajstić information content (AvgIpc) is 2.10. The van der Waals surface area contributed by atoms with Crippen LogP contribution in [0.4, 0.5) is 13.2 Å². The van der Waals surface area contributed by atoms with E-state index in [1.807, 2.05) is 0 Å². The highest BCUT2D eigenvalue weighted by Gasteiger charge is 2.48. The predicted octanol–water partition coefficient (Wildman–Crippen LogP) is 2.83. The quantitative estimate of drug-likeness (QED) is 0.459. The maximum absolute atomic E-state index is 12.1. The molecule has 0 atom stereocenters. The van der Waals surface area contributed by atoms with Gasteiger partial charge in [0.05, 0.1) is 3.57 Å². The molecule has 0 amide bonds. The number of hydrogen-bond donors (Lipinski definition) is 0. The summed E-state index contributed by atoms with van der Waals surface area (Å²) in [5.74, 6) is -0.291. The molecule has 0 radical (unpaired) electrons. The fourth-order valence-corrected chi connectivity index (χ4v) is 2.31. The molecule has 0 N–H and O–H groups in total. The number of aryl methyl sites for hydroxylation is 1. The molecule has 0 aliphatic rings. The Labute approximate surface area is 104 Å². The lowest BCUT2D eigenvalue weighted by Gasteiger charge is -2.12. The monoisotopic (exact) mass is 366 g/mol. The molecule has 0 spiro atoms. The van der Waals surface area contributed by atoms with Gasteiger partial charge in [-0.15, -0.1) is 0 Å². The first-order chi connectivity index (χ1) is 7.15. The summed E-state index contributed by atoms with van der Waals surface area (Å²) in [7, 11) is -5.60. The van der Waals surface area contributed by atoms with Crippen LogP contribution in [0, 0.1) is 10.5 Å². The van der Waals surface area contributed by atoms with Gasteiger partial charge in [0.2, 0.25) is 0 Å². The van der Waals surface area contributed by atoms with E-state index in [0.717, 1.165) is 0 Å². The number of rotatable bonds is 2. The Morgan fingerprint density at radius 3 is 2.31 bits per heavy atom. The molecule has 0 aromatic heterocycles. The highest BCUT2D eigenvalue weighted by atomic mass is 127. The molecule has 0 bridgehead atoms. The third-order valence-electron chi connectivity index (χ3n) is 1.64. The van der Waals surface area contributed by atoms with Crippen LogP contribution in [0.2, 0.25) is 0 Å². The standard InChI is InChI=1S/C8H6F3IO3S/c1-5-3-2-4-6(12)7(5)15-16(13,14)8(9,10)11/h2-4H,1H3. The maximum atomic E-state index is 12.1. The minimum absolute atomic E-state index is 0.291. The molecular weight excluding hydrogens is 360 g/mol. The van der Waals surface area contributed by atoms with Crippen LogP contribution in [0.5, 0.6) is 5.75 Å². The van der Waals surface area contributed by atoms with Gasteiger partial charge in [-0.2, -0.15) is 21.6 Å².